The summed E-state index contributed by atoms with van der Waals surface area (Å²) in [6, 6.07) is -0.741. The minimum absolute atomic E-state index is 0.0866. The number of cyclic esters (lactones) is 1. The van der Waals surface area contributed by atoms with Gasteiger partial charge in [0.05, 0.1) is 35.9 Å². The molecule has 15 nitrogen and oxygen atoms in total. The van der Waals surface area contributed by atoms with Crippen LogP contribution in [0.3, 0.4) is 0 Å². The highest BCUT2D eigenvalue weighted by atomic mass is 16.7. The maximum atomic E-state index is 14.4. The van der Waals surface area contributed by atoms with Gasteiger partial charge in [0.15, 0.2) is 12.6 Å². The van der Waals surface area contributed by atoms with E-state index >= 15 is 0 Å². The molecule has 3 aliphatic heterocycles. The Bertz CT molecular complexity index is 1270. The lowest BCUT2D eigenvalue weighted by Crippen LogP contribution is -2.70. The van der Waals surface area contributed by atoms with E-state index in [0.29, 0.717) is 13.0 Å². The fraction of sp³-hybridized carbons (Fsp3) is 0.976. The molecule has 6 N–H and O–H groups in total. The standard InChI is InChI=1S/C42H81N3O12/c1-17-31-41(12,50)35(47)28(8)45(15)21-24(4)19-39(10,49)36(57-38-33(46)30(44(13)14)18-25(5)53-38)26(6)34(27(7)37(48)55-31)56-32-20-40(11,52-16)42(51,29(9)54-32)22-43-23(2)3/h23-36,38,43,46-47,49-51H,17-22H2,1-16H3/t24-,25-,26+,27-,28-,29+,30+,31-,32+,33-,34+,35-,36-,38+,39+,40-,41-,42+/m1/s1. The Morgan fingerprint density at radius 2 is 1.60 bits per heavy atom. The summed E-state index contributed by atoms with van der Waals surface area (Å²) in [4.78, 5) is 18.2. The lowest BCUT2D eigenvalue weighted by Gasteiger charge is -2.54. The molecule has 0 spiro atoms. The van der Waals surface area contributed by atoms with Gasteiger partial charge in [0, 0.05) is 50.7 Å². The largest absolute Gasteiger partial charge is 0.459 e. The molecule has 0 bridgehead atoms. The van der Waals surface area contributed by atoms with E-state index < -0.39 is 95.5 Å². The van der Waals surface area contributed by atoms with Crippen molar-refractivity contribution in [3.05, 3.63) is 0 Å². The van der Waals surface area contributed by atoms with Gasteiger partial charge in [0.1, 0.15) is 35.1 Å². The summed E-state index contributed by atoms with van der Waals surface area (Å²) >= 11 is 0. The molecule has 0 saturated carbocycles. The third-order valence-corrected chi connectivity index (χ3v) is 13.5. The summed E-state index contributed by atoms with van der Waals surface area (Å²) in [6.07, 6.45) is -7.60. The van der Waals surface area contributed by atoms with Crippen LogP contribution < -0.4 is 5.32 Å². The van der Waals surface area contributed by atoms with E-state index in [-0.39, 0.29) is 49.9 Å². The zero-order chi connectivity index (χ0) is 43.6. The molecule has 0 amide bonds. The van der Waals surface area contributed by atoms with Crippen LogP contribution in [0.1, 0.15) is 109 Å². The summed E-state index contributed by atoms with van der Waals surface area (Å²) in [5.41, 5.74) is -5.99. The fourth-order valence-corrected chi connectivity index (χ4v) is 9.49. The Morgan fingerprint density at radius 3 is 2.14 bits per heavy atom. The monoisotopic (exact) mass is 820 g/mol. The van der Waals surface area contributed by atoms with Gasteiger partial charge in [0.2, 0.25) is 0 Å². The van der Waals surface area contributed by atoms with Crippen molar-refractivity contribution in [3.63, 3.8) is 0 Å². The molecule has 15 heteroatoms. The van der Waals surface area contributed by atoms with E-state index in [1.54, 1.807) is 41.5 Å². The molecule has 0 unspecified atom stereocenters. The lowest BCUT2D eigenvalue weighted by atomic mass is 9.75. The van der Waals surface area contributed by atoms with Crippen LogP contribution in [-0.4, -0.2) is 178 Å². The van der Waals surface area contributed by atoms with Crippen LogP contribution in [0.15, 0.2) is 0 Å². The molecule has 0 radical (unpaired) electrons. The number of methoxy groups -OCH3 is 1. The predicted octanol–water partition coefficient (Wildman–Crippen LogP) is 2.27. The molecule has 3 heterocycles. The Morgan fingerprint density at radius 1 is 0.982 bits per heavy atom. The number of nitrogens with zero attached hydrogens (tertiary/aromatic N) is 2. The van der Waals surface area contributed by atoms with Gasteiger partial charge in [0.25, 0.3) is 0 Å². The first-order chi connectivity index (χ1) is 26.2. The van der Waals surface area contributed by atoms with Crippen molar-refractivity contribution < 1.29 is 58.7 Å². The highest BCUT2D eigenvalue weighted by molar-refractivity contribution is 5.73. The van der Waals surface area contributed by atoms with Crippen molar-refractivity contribution in [1.29, 1.82) is 0 Å². The number of likely N-dealkylation sites (N-methyl/N-ethyl adjacent to an activating group) is 2. The Labute approximate surface area is 343 Å². The molecule has 0 aromatic rings. The van der Waals surface area contributed by atoms with Gasteiger partial charge >= 0.3 is 5.97 Å². The topological polar surface area (TPSA) is 192 Å². The maximum absolute atomic E-state index is 14.4. The van der Waals surface area contributed by atoms with Crippen molar-refractivity contribution in [2.24, 2.45) is 17.8 Å². The van der Waals surface area contributed by atoms with E-state index in [1.807, 2.05) is 65.6 Å². The second-order valence-electron chi connectivity index (χ2n) is 19.0. The SMILES string of the molecule is CC[C@H]1OC(=O)[C@H](C)[C@@H](O[C@H]2C[C@@](C)(OC)[C@](O)(CNC(C)C)[C@H](C)O2)[C@H](C)[C@@H](O[C@@H]2O[C@H](C)C[C@H](N(C)C)[C@H]2O)[C@@](C)(O)C[C@@H](C)CN(C)[C@H](C)[C@@H](O)[C@]1(C)O. The first kappa shape index (κ1) is 50.3. The van der Waals surface area contributed by atoms with Crippen molar-refractivity contribution in [1.82, 2.24) is 15.1 Å². The highest BCUT2D eigenvalue weighted by Gasteiger charge is 2.58. The van der Waals surface area contributed by atoms with Crippen molar-refractivity contribution in [3.8, 4) is 0 Å². The molecule has 336 valence electrons. The van der Waals surface area contributed by atoms with Gasteiger partial charge in [-0.2, -0.15) is 0 Å². The Hall–Kier alpha value is -1.05. The summed E-state index contributed by atoms with van der Waals surface area (Å²) in [5, 5.41) is 63.0. The molecule has 57 heavy (non-hydrogen) atoms. The summed E-state index contributed by atoms with van der Waals surface area (Å²) < 4.78 is 38.4. The van der Waals surface area contributed by atoms with Crippen LogP contribution in [0, 0.1) is 17.8 Å². The molecule has 3 fully saturated rings. The predicted molar refractivity (Wildman–Crippen MR) is 216 cm³/mol. The first-order valence-electron chi connectivity index (χ1n) is 21.2. The second kappa shape index (κ2) is 19.8. The summed E-state index contributed by atoms with van der Waals surface area (Å²) in [7, 11) is 7.15. The molecule has 0 aliphatic carbocycles. The first-order valence-corrected chi connectivity index (χ1v) is 21.2. The van der Waals surface area contributed by atoms with Crippen molar-refractivity contribution in [2.75, 3.05) is 41.3 Å². The number of aliphatic hydroxyl groups excluding tert-OH is 2. The molecule has 0 aromatic heterocycles. The number of carbonyl (C=O) groups excluding carboxylic acids is 1. The van der Waals surface area contributed by atoms with Crippen molar-refractivity contribution >= 4 is 5.97 Å². The number of esters is 1. The van der Waals surface area contributed by atoms with Crippen LogP contribution in [0.2, 0.25) is 0 Å². The quantitative estimate of drug-likeness (QED) is 0.176. The van der Waals surface area contributed by atoms with E-state index in [2.05, 4.69) is 5.32 Å². The second-order valence-corrected chi connectivity index (χ2v) is 19.0. The number of aliphatic hydroxyl groups is 5. The zero-order valence-electron chi connectivity index (χ0n) is 37.9. The number of ether oxygens (including phenoxy) is 6. The van der Waals surface area contributed by atoms with Crippen LogP contribution in [0.25, 0.3) is 0 Å². The number of hydrogen-bond acceptors (Lipinski definition) is 15. The molecule has 0 aromatic carbocycles. The summed E-state index contributed by atoms with van der Waals surface area (Å²) in [5.74, 6) is -2.66. The fourth-order valence-electron chi connectivity index (χ4n) is 9.49. The third-order valence-electron chi connectivity index (χ3n) is 13.5. The molecule has 3 aliphatic rings. The molecule has 3 saturated heterocycles. The van der Waals surface area contributed by atoms with Gasteiger partial charge in [-0.15, -0.1) is 0 Å². The molecular weight excluding hydrogens is 738 g/mol. The Balaban J connectivity index is 2.19. The smallest absolute Gasteiger partial charge is 0.311 e. The lowest BCUT2D eigenvalue weighted by molar-refractivity contribution is -0.336. The van der Waals surface area contributed by atoms with E-state index in [1.165, 1.54) is 14.0 Å². The van der Waals surface area contributed by atoms with E-state index in [0.717, 1.165) is 0 Å². The molecular formula is C42H81N3O12. The highest BCUT2D eigenvalue weighted by Crippen LogP contribution is 2.43. The molecule has 3 rings (SSSR count). The van der Waals surface area contributed by atoms with Crippen LogP contribution in [0.4, 0.5) is 0 Å². The maximum Gasteiger partial charge on any atom is 0.311 e. The average molecular weight is 820 g/mol. The van der Waals surface area contributed by atoms with Gasteiger partial charge in [-0.1, -0.05) is 34.6 Å². The van der Waals surface area contributed by atoms with E-state index in [9.17, 15) is 30.3 Å². The van der Waals surface area contributed by atoms with Gasteiger partial charge in [-0.3, -0.25) is 4.79 Å². The molecule has 18 atom stereocenters. The van der Waals surface area contributed by atoms with Crippen LogP contribution >= 0.6 is 0 Å². The van der Waals surface area contributed by atoms with Gasteiger partial charge in [-0.25, -0.2) is 0 Å². The normalized spacial score (nSPS) is 47.7. The number of carbonyl (C=O) groups is 1. The van der Waals surface area contributed by atoms with Crippen LogP contribution in [-0.2, 0) is 33.2 Å². The average Bonchev–Trinajstić information content (AvgIpc) is 3.11. The number of hydrogen-bond donors (Lipinski definition) is 6. The van der Waals surface area contributed by atoms with Gasteiger partial charge in [-0.05, 0) is 94.8 Å². The summed E-state index contributed by atoms with van der Waals surface area (Å²) in [6.45, 7) is 22.3. The zero-order valence-corrected chi connectivity index (χ0v) is 37.9. The third kappa shape index (κ3) is 11.3. The van der Waals surface area contributed by atoms with Crippen molar-refractivity contribution in [2.45, 2.75) is 205 Å². The Kier molecular flexibility index (Phi) is 17.4. The van der Waals surface area contributed by atoms with Gasteiger partial charge < -0.3 is 69.1 Å². The number of rotatable bonds is 10. The number of nitrogens with one attached hydrogen (secondary N) is 1. The minimum atomic E-state index is -1.81. The van der Waals surface area contributed by atoms with Crippen LogP contribution in [0.5, 0.6) is 0 Å². The van der Waals surface area contributed by atoms with E-state index in [4.69, 9.17) is 28.4 Å². The minimum Gasteiger partial charge on any atom is -0.459 e.